The summed E-state index contributed by atoms with van der Waals surface area (Å²) in [7, 11) is 0. The Balaban J connectivity index is 2.21. The lowest BCUT2D eigenvalue weighted by molar-refractivity contribution is -0.135. The van der Waals surface area contributed by atoms with Crippen molar-refractivity contribution in [2.75, 3.05) is 0 Å². The van der Waals surface area contributed by atoms with E-state index in [4.69, 9.17) is 5.11 Å². The molecule has 0 spiro atoms. The lowest BCUT2D eigenvalue weighted by atomic mass is 9.93. The molecule has 0 aliphatic carbocycles. The number of nitrogens with zero attached hydrogens (tertiary/aromatic N) is 1. The van der Waals surface area contributed by atoms with Gasteiger partial charge in [0.25, 0.3) is 5.92 Å². The van der Waals surface area contributed by atoms with Gasteiger partial charge in [0.15, 0.2) is 0 Å². The van der Waals surface area contributed by atoms with Crippen LogP contribution < -0.4 is 0 Å². The number of hydrogen-bond donors (Lipinski definition) is 1. The minimum Gasteiger partial charge on any atom is -0.481 e. The molecule has 0 aliphatic heterocycles. The highest BCUT2D eigenvalue weighted by Gasteiger charge is 2.26. The van der Waals surface area contributed by atoms with E-state index in [1.54, 1.807) is 32.9 Å². The summed E-state index contributed by atoms with van der Waals surface area (Å²) in [4.78, 5) is 15.0. The van der Waals surface area contributed by atoms with Gasteiger partial charge in [-0.25, -0.2) is 4.39 Å². The first-order valence-corrected chi connectivity index (χ1v) is 9.04. The average Bonchev–Trinajstić information content (AvgIpc) is 2.58. The van der Waals surface area contributed by atoms with Crippen molar-refractivity contribution in [3.8, 4) is 0 Å². The van der Waals surface area contributed by atoms with Crippen LogP contribution in [0.5, 0.6) is 0 Å². The summed E-state index contributed by atoms with van der Waals surface area (Å²) in [5, 5.41) is 9.00. The molecule has 0 unspecified atom stereocenters. The zero-order chi connectivity index (χ0) is 21.1. The number of aryl methyl sites for hydroxylation is 4. The number of aliphatic carboxylic acids is 1. The zero-order valence-corrected chi connectivity index (χ0v) is 16.4. The molecule has 1 heterocycles. The molecule has 1 aromatic carbocycles. The molecule has 0 radical (unpaired) electrons. The van der Waals surface area contributed by atoms with Crippen LogP contribution in [-0.2, 0) is 23.6 Å². The van der Waals surface area contributed by atoms with E-state index < -0.39 is 17.7 Å². The summed E-state index contributed by atoms with van der Waals surface area (Å²) in [6, 6.07) is 6.20. The van der Waals surface area contributed by atoms with Crippen molar-refractivity contribution in [1.82, 2.24) is 4.98 Å². The molecule has 6 heteroatoms. The first-order valence-electron chi connectivity index (χ1n) is 9.04. The van der Waals surface area contributed by atoms with Gasteiger partial charge in [-0.15, -0.1) is 0 Å². The van der Waals surface area contributed by atoms with Gasteiger partial charge in [-0.2, -0.15) is 8.78 Å². The number of aromatic nitrogens is 1. The van der Waals surface area contributed by atoms with Crippen molar-refractivity contribution in [3.05, 3.63) is 69.8 Å². The van der Waals surface area contributed by atoms with Gasteiger partial charge in [0.1, 0.15) is 11.5 Å². The average molecular weight is 391 g/mol. The molecule has 2 rings (SSSR count). The topological polar surface area (TPSA) is 50.2 Å². The molecule has 2 aromatic rings. The predicted octanol–water partition coefficient (Wildman–Crippen LogP) is 5.61. The summed E-state index contributed by atoms with van der Waals surface area (Å²) in [5.41, 5.74) is 3.28. The fraction of sp³-hybridized carbons (Fsp3) is 0.364. The van der Waals surface area contributed by atoms with Crippen molar-refractivity contribution in [2.24, 2.45) is 0 Å². The molecule has 3 nitrogen and oxygen atoms in total. The molecule has 150 valence electrons. The first kappa shape index (κ1) is 21.7. The highest BCUT2D eigenvalue weighted by Crippen LogP contribution is 2.28. The Morgan fingerprint density at radius 2 is 1.89 bits per heavy atom. The maximum Gasteiger partial charge on any atom is 0.307 e. The molecular formula is C22H24F3NO2. The number of carbonyl (C=O) groups is 1. The van der Waals surface area contributed by atoms with Crippen LogP contribution >= 0.6 is 0 Å². The van der Waals surface area contributed by atoms with Crippen molar-refractivity contribution in [1.29, 1.82) is 0 Å². The van der Waals surface area contributed by atoms with Crippen LogP contribution in [0.3, 0.4) is 0 Å². The molecular weight excluding hydrogens is 367 g/mol. The third kappa shape index (κ3) is 5.21. The van der Waals surface area contributed by atoms with Gasteiger partial charge in [0.05, 0.1) is 6.42 Å². The summed E-state index contributed by atoms with van der Waals surface area (Å²) in [6.45, 7) is 5.93. The highest BCUT2D eigenvalue weighted by molar-refractivity contribution is 5.84. The Morgan fingerprint density at radius 1 is 1.21 bits per heavy atom. The fourth-order valence-corrected chi connectivity index (χ4v) is 3.24. The standard InChI is InChI=1S/C22H24F3NO2/c1-5-16(12-20(27)28)21-13(2)10-15(11-18(21)23)6-7-17-8-9-19(22(4,24)25)26-14(17)3/h5,8-11H,6-7,12H2,1-4H3,(H,27,28)/b16-5-. The van der Waals surface area contributed by atoms with Crippen LogP contribution in [0.1, 0.15) is 53.9 Å². The molecule has 1 aromatic heterocycles. The molecule has 0 aliphatic rings. The Bertz CT molecular complexity index is 891. The molecule has 0 saturated carbocycles. The van der Waals surface area contributed by atoms with Crippen molar-refractivity contribution in [3.63, 3.8) is 0 Å². The predicted molar refractivity (Wildman–Crippen MR) is 103 cm³/mol. The number of alkyl halides is 2. The summed E-state index contributed by atoms with van der Waals surface area (Å²) < 4.78 is 41.4. The maximum atomic E-state index is 14.7. The Labute approximate surface area is 162 Å². The van der Waals surface area contributed by atoms with Crippen LogP contribution in [0.15, 0.2) is 30.3 Å². The fourth-order valence-electron chi connectivity index (χ4n) is 3.24. The number of allylic oxidation sites excluding steroid dienone is 1. The van der Waals surface area contributed by atoms with Crippen LogP contribution in [0.4, 0.5) is 13.2 Å². The van der Waals surface area contributed by atoms with Gasteiger partial charge in [-0.3, -0.25) is 9.78 Å². The van der Waals surface area contributed by atoms with E-state index in [2.05, 4.69) is 4.98 Å². The van der Waals surface area contributed by atoms with Crippen LogP contribution in [0.25, 0.3) is 5.57 Å². The summed E-state index contributed by atoms with van der Waals surface area (Å²) in [5.74, 6) is -4.46. The van der Waals surface area contributed by atoms with Gasteiger partial charge >= 0.3 is 5.97 Å². The Morgan fingerprint density at radius 3 is 2.39 bits per heavy atom. The van der Waals surface area contributed by atoms with E-state index in [-0.39, 0.29) is 12.1 Å². The molecule has 0 saturated heterocycles. The van der Waals surface area contributed by atoms with Crippen molar-refractivity contribution >= 4 is 11.5 Å². The number of carboxylic acids is 1. The molecule has 0 bridgehead atoms. The lowest BCUT2D eigenvalue weighted by Crippen LogP contribution is -2.11. The number of halogens is 3. The lowest BCUT2D eigenvalue weighted by Gasteiger charge is -2.14. The normalized spacial score (nSPS) is 12.3. The largest absolute Gasteiger partial charge is 0.481 e. The molecule has 0 atom stereocenters. The zero-order valence-electron chi connectivity index (χ0n) is 16.4. The minimum absolute atomic E-state index is 0.243. The van der Waals surface area contributed by atoms with E-state index in [9.17, 15) is 18.0 Å². The molecule has 0 fully saturated rings. The van der Waals surface area contributed by atoms with Crippen molar-refractivity contribution in [2.45, 2.75) is 52.9 Å². The summed E-state index contributed by atoms with van der Waals surface area (Å²) in [6.07, 6.45) is 2.43. The van der Waals surface area contributed by atoms with Gasteiger partial charge in [-0.05, 0) is 68.0 Å². The Kier molecular flexibility index (Phi) is 6.65. The third-order valence-electron chi connectivity index (χ3n) is 4.69. The van der Waals surface area contributed by atoms with Gasteiger partial charge in [-0.1, -0.05) is 18.2 Å². The van der Waals surface area contributed by atoms with Gasteiger partial charge < -0.3 is 5.11 Å². The van der Waals surface area contributed by atoms with E-state index in [1.807, 2.05) is 6.07 Å². The number of rotatable bonds is 7. The van der Waals surface area contributed by atoms with Gasteiger partial charge in [0.2, 0.25) is 0 Å². The third-order valence-corrected chi connectivity index (χ3v) is 4.69. The quantitative estimate of drug-likeness (QED) is 0.667. The number of pyridine rings is 1. The molecule has 28 heavy (non-hydrogen) atoms. The SMILES string of the molecule is C/C=C(/CC(=O)O)c1c(C)cc(CCc2ccc(C(C)(F)F)nc2C)cc1F. The number of benzene rings is 1. The summed E-state index contributed by atoms with van der Waals surface area (Å²) >= 11 is 0. The smallest absolute Gasteiger partial charge is 0.307 e. The monoisotopic (exact) mass is 391 g/mol. The second-order valence-electron chi connectivity index (χ2n) is 6.98. The molecule has 1 N–H and O–H groups in total. The van der Waals surface area contributed by atoms with E-state index in [0.717, 1.165) is 18.1 Å². The minimum atomic E-state index is -2.99. The second-order valence-corrected chi connectivity index (χ2v) is 6.98. The van der Waals surface area contributed by atoms with Crippen LogP contribution in [0.2, 0.25) is 0 Å². The Hall–Kier alpha value is -2.63. The second kappa shape index (κ2) is 8.59. The maximum absolute atomic E-state index is 14.7. The van der Waals surface area contributed by atoms with E-state index in [1.165, 1.54) is 12.1 Å². The van der Waals surface area contributed by atoms with Crippen LogP contribution in [-0.4, -0.2) is 16.1 Å². The van der Waals surface area contributed by atoms with Crippen molar-refractivity contribution < 1.29 is 23.1 Å². The van der Waals surface area contributed by atoms with E-state index >= 15 is 0 Å². The molecule has 0 amide bonds. The first-order chi connectivity index (χ1) is 13.0. The highest BCUT2D eigenvalue weighted by atomic mass is 19.3. The van der Waals surface area contributed by atoms with E-state index in [0.29, 0.717) is 35.2 Å². The number of hydrogen-bond acceptors (Lipinski definition) is 2. The van der Waals surface area contributed by atoms with Crippen LogP contribution in [0, 0.1) is 19.7 Å². The number of carboxylic acid groups (broad SMARTS) is 1. The van der Waals surface area contributed by atoms with Gasteiger partial charge in [0, 0.05) is 18.2 Å².